The van der Waals surface area contributed by atoms with Crippen molar-refractivity contribution in [1.29, 1.82) is 0 Å². The van der Waals surface area contributed by atoms with Crippen LogP contribution in [0, 0.1) is 0 Å². The van der Waals surface area contributed by atoms with Crippen LogP contribution in [0.4, 0.5) is 0 Å². The highest BCUT2D eigenvalue weighted by molar-refractivity contribution is 7.99. The first-order valence-electron chi connectivity index (χ1n) is 9.96. The average Bonchev–Trinajstić information content (AvgIpc) is 3.28. The molecule has 2 aliphatic rings. The molecule has 2 aromatic rings. The molecule has 30 heavy (non-hydrogen) atoms. The number of ether oxygens (including phenoxy) is 1. The normalized spacial score (nSPS) is 18.5. The van der Waals surface area contributed by atoms with Gasteiger partial charge in [-0.05, 0) is 37.5 Å². The highest BCUT2D eigenvalue weighted by atomic mass is 32.2. The maximum atomic E-state index is 12.9. The molecule has 0 spiro atoms. The Kier molecular flexibility index (Phi) is 6.71. The van der Waals surface area contributed by atoms with Crippen LogP contribution >= 0.6 is 11.8 Å². The number of sulfonamides is 1. The molecule has 3 heterocycles. The monoisotopic (exact) mass is 452 g/mol. The van der Waals surface area contributed by atoms with Crippen LogP contribution in [0.1, 0.15) is 19.3 Å². The second-order valence-corrected chi connectivity index (χ2v) is 10.0. The Labute approximate surface area is 179 Å². The molecule has 0 N–H and O–H groups in total. The molecule has 2 saturated heterocycles. The Bertz CT molecular complexity index is 982. The third-order valence-corrected chi connectivity index (χ3v) is 7.82. The van der Waals surface area contributed by atoms with E-state index < -0.39 is 10.0 Å². The van der Waals surface area contributed by atoms with Gasteiger partial charge >= 0.3 is 0 Å². The van der Waals surface area contributed by atoms with E-state index in [2.05, 4.69) is 10.2 Å². The van der Waals surface area contributed by atoms with E-state index in [9.17, 15) is 13.2 Å². The number of likely N-dealkylation sites (tertiary alicyclic amines) is 1. The molecule has 0 aliphatic carbocycles. The van der Waals surface area contributed by atoms with Crippen molar-refractivity contribution in [2.24, 2.45) is 0 Å². The van der Waals surface area contributed by atoms with Crippen LogP contribution in [0.5, 0.6) is 0 Å². The summed E-state index contributed by atoms with van der Waals surface area (Å²) in [4.78, 5) is 14.3. The molecule has 1 amide bonds. The summed E-state index contributed by atoms with van der Waals surface area (Å²) in [6, 6.07) is 6.46. The van der Waals surface area contributed by atoms with Crippen molar-refractivity contribution in [3.63, 3.8) is 0 Å². The number of aromatic nitrogens is 2. The number of hydrogen-bond acceptors (Lipinski definition) is 8. The lowest BCUT2D eigenvalue weighted by Crippen LogP contribution is -2.40. The van der Waals surface area contributed by atoms with Crippen LogP contribution in [0.3, 0.4) is 0 Å². The molecule has 11 heteroatoms. The summed E-state index contributed by atoms with van der Waals surface area (Å²) in [5.41, 5.74) is 0.519. The van der Waals surface area contributed by atoms with Gasteiger partial charge in [0.2, 0.25) is 21.8 Å². The van der Waals surface area contributed by atoms with Crippen molar-refractivity contribution in [3.8, 4) is 11.5 Å². The maximum Gasteiger partial charge on any atom is 0.277 e. The minimum Gasteiger partial charge on any atom is -0.411 e. The van der Waals surface area contributed by atoms with E-state index in [0.717, 1.165) is 25.9 Å². The Morgan fingerprint density at radius 3 is 2.60 bits per heavy atom. The number of benzene rings is 1. The second-order valence-electron chi connectivity index (χ2n) is 7.15. The molecule has 0 radical (unpaired) electrons. The number of morpholine rings is 1. The van der Waals surface area contributed by atoms with E-state index in [4.69, 9.17) is 9.15 Å². The molecule has 0 atom stereocenters. The van der Waals surface area contributed by atoms with Crippen LogP contribution in [0.25, 0.3) is 11.5 Å². The zero-order valence-corrected chi connectivity index (χ0v) is 18.2. The highest BCUT2D eigenvalue weighted by Gasteiger charge is 2.27. The van der Waals surface area contributed by atoms with Crippen molar-refractivity contribution in [3.05, 3.63) is 24.3 Å². The number of nitrogens with zero attached hydrogens (tertiary/aromatic N) is 4. The van der Waals surface area contributed by atoms with Crippen LogP contribution in [-0.2, 0) is 19.6 Å². The van der Waals surface area contributed by atoms with Crippen molar-refractivity contribution in [2.75, 3.05) is 45.1 Å². The van der Waals surface area contributed by atoms with E-state index in [1.54, 1.807) is 18.2 Å². The minimum atomic E-state index is -3.61. The molecular formula is C19H24N4O5S2. The summed E-state index contributed by atoms with van der Waals surface area (Å²) in [6.45, 7) is 3.05. The van der Waals surface area contributed by atoms with Gasteiger partial charge < -0.3 is 14.1 Å². The zero-order valence-electron chi connectivity index (χ0n) is 16.5. The lowest BCUT2D eigenvalue weighted by atomic mass is 10.1. The van der Waals surface area contributed by atoms with Gasteiger partial charge in [-0.2, -0.15) is 4.31 Å². The van der Waals surface area contributed by atoms with Crippen molar-refractivity contribution < 1.29 is 22.4 Å². The van der Waals surface area contributed by atoms with Gasteiger partial charge in [0.1, 0.15) is 0 Å². The largest absolute Gasteiger partial charge is 0.411 e. The summed E-state index contributed by atoms with van der Waals surface area (Å²) >= 11 is 1.20. The number of amides is 1. The van der Waals surface area contributed by atoms with Crippen LogP contribution in [-0.4, -0.2) is 78.9 Å². The number of rotatable bonds is 6. The molecule has 9 nitrogen and oxygen atoms in total. The van der Waals surface area contributed by atoms with Gasteiger partial charge in [0.05, 0.1) is 23.9 Å². The third-order valence-electron chi connectivity index (χ3n) is 5.12. The average molecular weight is 453 g/mol. The molecule has 0 bridgehead atoms. The summed E-state index contributed by atoms with van der Waals surface area (Å²) in [6.07, 6.45) is 3.26. The number of hydrogen-bond donors (Lipinski definition) is 0. The summed E-state index contributed by atoms with van der Waals surface area (Å²) in [5, 5.41) is 8.30. The number of piperidine rings is 1. The fraction of sp³-hybridized carbons (Fsp3) is 0.526. The Balaban J connectivity index is 1.43. The molecule has 1 aromatic heterocycles. The van der Waals surface area contributed by atoms with Crippen LogP contribution in [0.2, 0.25) is 0 Å². The van der Waals surface area contributed by atoms with E-state index in [1.807, 2.05) is 4.90 Å². The smallest absolute Gasteiger partial charge is 0.277 e. The van der Waals surface area contributed by atoms with Crippen LogP contribution < -0.4 is 0 Å². The first kappa shape index (κ1) is 21.3. The van der Waals surface area contributed by atoms with E-state index in [-0.39, 0.29) is 27.7 Å². The molecule has 4 rings (SSSR count). The minimum absolute atomic E-state index is 0.0676. The Morgan fingerprint density at radius 1 is 1.07 bits per heavy atom. The van der Waals surface area contributed by atoms with Crippen molar-refractivity contribution in [2.45, 2.75) is 29.4 Å². The van der Waals surface area contributed by atoms with E-state index in [1.165, 1.54) is 28.6 Å². The zero-order chi connectivity index (χ0) is 21.0. The fourth-order valence-electron chi connectivity index (χ4n) is 3.47. The Hall–Kier alpha value is -1.95. The second kappa shape index (κ2) is 9.46. The van der Waals surface area contributed by atoms with Gasteiger partial charge in [-0.15, -0.1) is 10.2 Å². The summed E-state index contributed by atoms with van der Waals surface area (Å²) in [5.74, 6) is 0.535. The fourth-order valence-corrected chi connectivity index (χ4v) is 5.59. The predicted octanol–water partition coefficient (Wildman–Crippen LogP) is 1.86. The number of carbonyl (C=O) groups is 1. The highest BCUT2D eigenvalue weighted by Crippen LogP contribution is 2.27. The Morgan fingerprint density at radius 2 is 1.83 bits per heavy atom. The van der Waals surface area contributed by atoms with Crippen LogP contribution in [0.15, 0.2) is 38.8 Å². The van der Waals surface area contributed by atoms with Gasteiger partial charge in [-0.1, -0.05) is 17.8 Å². The summed E-state index contributed by atoms with van der Waals surface area (Å²) in [7, 11) is -3.61. The molecule has 1 aromatic carbocycles. The third kappa shape index (κ3) is 4.85. The maximum absolute atomic E-state index is 12.9. The van der Waals surface area contributed by atoms with E-state index in [0.29, 0.717) is 31.9 Å². The molecular weight excluding hydrogens is 428 g/mol. The molecule has 0 saturated carbocycles. The van der Waals surface area contributed by atoms with Gasteiger partial charge in [-0.3, -0.25) is 4.79 Å². The standard InChI is InChI=1S/C19H24N4O5S2/c24-17(22-7-2-1-3-8-22)14-29-19-21-20-18(28-19)15-5-4-6-16(13-15)30(25,26)23-9-11-27-12-10-23/h4-6,13H,1-3,7-12,14H2. The summed E-state index contributed by atoms with van der Waals surface area (Å²) < 4.78 is 38.0. The van der Waals surface area contributed by atoms with Gasteiger partial charge in [0, 0.05) is 31.7 Å². The molecule has 2 aliphatic heterocycles. The van der Waals surface area contributed by atoms with Crippen molar-refractivity contribution in [1.82, 2.24) is 19.4 Å². The molecule has 2 fully saturated rings. The number of carbonyl (C=O) groups excluding carboxylic acids is 1. The quantitative estimate of drug-likeness (QED) is 0.612. The predicted molar refractivity (Wildman–Crippen MR) is 110 cm³/mol. The lowest BCUT2D eigenvalue weighted by Gasteiger charge is -2.26. The first-order valence-corrected chi connectivity index (χ1v) is 12.4. The molecule has 162 valence electrons. The topological polar surface area (TPSA) is 106 Å². The molecule has 0 unspecified atom stereocenters. The number of thioether (sulfide) groups is 1. The van der Waals surface area contributed by atoms with Gasteiger partial charge in [-0.25, -0.2) is 8.42 Å². The first-order chi connectivity index (χ1) is 14.5. The van der Waals surface area contributed by atoms with Gasteiger partial charge in [0.15, 0.2) is 0 Å². The lowest BCUT2D eigenvalue weighted by molar-refractivity contribution is -0.129. The SMILES string of the molecule is O=C(CSc1nnc(-c2cccc(S(=O)(=O)N3CCOCC3)c2)o1)N1CCCCC1. The van der Waals surface area contributed by atoms with Crippen molar-refractivity contribution >= 4 is 27.7 Å². The van der Waals surface area contributed by atoms with E-state index >= 15 is 0 Å². The van der Waals surface area contributed by atoms with Gasteiger partial charge in [0.25, 0.3) is 5.22 Å².